The SMILES string of the molecule is NC[C@@H](C(=O)Nc1ccc(N2CCOCC2=O)c(OC(F)F)c1)N(CC1CC1)CC1CC1. The Bertz CT molecular complexity index is 818. The first-order chi connectivity index (χ1) is 15.4. The minimum atomic E-state index is -3.07. The number of halogens is 2. The third-order valence-electron chi connectivity index (χ3n) is 6.07. The van der Waals surface area contributed by atoms with Crippen LogP contribution in [0.4, 0.5) is 20.2 Å². The molecular weight excluding hydrogens is 422 g/mol. The molecule has 3 fully saturated rings. The summed E-state index contributed by atoms with van der Waals surface area (Å²) >= 11 is 0. The molecule has 0 bridgehead atoms. The summed E-state index contributed by atoms with van der Waals surface area (Å²) in [4.78, 5) is 28.7. The molecule has 3 N–H and O–H groups in total. The number of nitrogens with two attached hydrogens (primary N) is 1. The first-order valence-corrected chi connectivity index (χ1v) is 11.2. The zero-order valence-corrected chi connectivity index (χ0v) is 18.0. The van der Waals surface area contributed by atoms with Crippen molar-refractivity contribution in [2.75, 3.05) is 49.6 Å². The number of benzene rings is 1. The summed E-state index contributed by atoms with van der Waals surface area (Å²) in [6, 6.07) is 3.91. The highest BCUT2D eigenvalue weighted by Gasteiger charge is 2.35. The van der Waals surface area contributed by atoms with Gasteiger partial charge in [-0.2, -0.15) is 8.78 Å². The van der Waals surface area contributed by atoms with Gasteiger partial charge in [-0.25, -0.2) is 0 Å². The molecule has 2 amide bonds. The smallest absolute Gasteiger partial charge is 0.387 e. The number of morpholine rings is 1. The largest absolute Gasteiger partial charge is 0.433 e. The molecule has 0 unspecified atom stereocenters. The van der Waals surface area contributed by atoms with Gasteiger partial charge in [-0.05, 0) is 49.7 Å². The number of rotatable bonds is 11. The van der Waals surface area contributed by atoms with E-state index in [-0.39, 0.29) is 42.9 Å². The van der Waals surface area contributed by atoms with Crippen molar-refractivity contribution in [3.63, 3.8) is 0 Å². The van der Waals surface area contributed by atoms with Gasteiger partial charge in [0.1, 0.15) is 12.6 Å². The molecule has 10 heteroatoms. The van der Waals surface area contributed by atoms with Gasteiger partial charge in [0, 0.05) is 37.9 Å². The summed E-state index contributed by atoms with van der Waals surface area (Å²) in [7, 11) is 0. The van der Waals surface area contributed by atoms with Crippen LogP contribution in [0.25, 0.3) is 0 Å². The van der Waals surface area contributed by atoms with Crippen molar-refractivity contribution in [1.29, 1.82) is 0 Å². The van der Waals surface area contributed by atoms with E-state index >= 15 is 0 Å². The van der Waals surface area contributed by atoms with E-state index in [2.05, 4.69) is 15.0 Å². The Morgan fingerprint density at radius 1 is 1.25 bits per heavy atom. The van der Waals surface area contributed by atoms with E-state index in [9.17, 15) is 18.4 Å². The van der Waals surface area contributed by atoms with Crippen LogP contribution >= 0.6 is 0 Å². The first-order valence-electron chi connectivity index (χ1n) is 11.2. The van der Waals surface area contributed by atoms with Gasteiger partial charge in [0.15, 0.2) is 5.75 Å². The molecule has 4 rings (SSSR count). The normalized spacial score (nSPS) is 20.0. The highest BCUT2D eigenvalue weighted by molar-refractivity contribution is 5.98. The number of carbonyl (C=O) groups excluding carboxylic acids is 2. The number of carbonyl (C=O) groups is 2. The Balaban J connectivity index is 1.50. The van der Waals surface area contributed by atoms with E-state index in [1.54, 1.807) is 6.07 Å². The number of alkyl halides is 2. The summed E-state index contributed by atoms with van der Waals surface area (Å²) in [6.07, 6.45) is 4.71. The van der Waals surface area contributed by atoms with Crippen molar-refractivity contribution >= 4 is 23.2 Å². The molecule has 0 spiro atoms. The van der Waals surface area contributed by atoms with E-state index < -0.39 is 12.7 Å². The predicted octanol–water partition coefficient (Wildman–Crippen LogP) is 2.04. The molecule has 0 aromatic heterocycles. The molecular formula is C22H30F2N4O4. The van der Waals surface area contributed by atoms with Crippen molar-refractivity contribution in [1.82, 2.24) is 4.90 Å². The maximum absolute atomic E-state index is 13.1. The molecule has 1 atom stereocenters. The Morgan fingerprint density at radius 3 is 2.50 bits per heavy atom. The van der Waals surface area contributed by atoms with Crippen molar-refractivity contribution in [3.8, 4) is 5.75 Å². The summed E-state index contributed by atoms with van der Waals surface area (Å²) in [6.45, 7) is -0.785. The number of hydrogen-bond donors (Lipinski definition) is 2. The molecule has 32 heavy (non-hydrogen) atoms. The molecule has 1 aromatic carbocycles. The Hall–Kier alpha value is -2.30. The fraction of sp³-hybridized carbons (Fsp3) is 0.636. The summed E-state index contributed by atoms with van der Waals surface area (Å²) < 4.78 is 35.9. The topological polar surface area (TPSA) is 97.1 Å². The lowest BCUT2D eigenvalue weighted by Gasteiger charge is -2.30. The van der Waals surface area contributed by atoms with Crippen LogP contribution in [-0.4, -0.2) is 68.8 Å². The van der Waals surface area contributed by atoms with E-state index in [1.165, 1.54) is 42.7 Å². The van der Waals surface area contributed by atoms with Crippen LogP contribution in [-0.2, 0) is 14.3 Å². The lowest BCUT2D eigenvalue weighted by Crippen LogP contribution is -2.50. The van der Waals surface area contributed by atoms with Crippen LogP contribution < -0.4 is 20.7 Å². The maximum Gasteiger partial charge on any atom is 0.387 e. The van der Waals surface area contributed by atoms with Crippen LogP contribution in [0.5, 0.6) is 5.75 Å². The second-order valence-electron chi connectivity index (χ2n) is 8.74. The lowest BCUT2D eigenvalue weighted by atomic mass is 10.1. The Labute approximate surface area is 186 Å². The minimum absolute atomic E-state index is 0.122. The molecule has 0 radical (unpaired) electrons. The molecule has 2 saturated carbocycles. The van der Waals surface area contributed by atoms with Crippen LogP contribution in [0.2, 0.25) is 0 Å². The molecule has 8 nitrogen and oxygen atoms in total. The van der Waals surface area contributed by atoms with Crippen LogP contribution in [0.3, 0.4) is 0 Å². The van der Waals surface area contributed by atoms with Gasteiger partial charge < -0.3 is 25.4 Å². The maximum atomic E-state index is 13.1. The van der Waals surface area contributed by atoms with Crippen LogP contribution in [0, 0.1) is 11.8 Å². The standard InChI is InChI=1S/C22H30F2N4O4/c23-22(24)32-19-9-16(5-6-17(19)28-7-8-31-13-20(28)29)26-21(30)18(10-25)27(11-14-1-2-14)12-15-3-4-15/h5-6,9,14-15,18,22H,1-4,7-8,10-13,25H2,(H,26,30)/t18-/m0/s1. The van der Waals surface area contributed by atoms with Crippen LogP contribution in [0.15, 0.2) is 18.2 Å². The van der Waals surface area contributed by atoms with Gasteiger partial charge in [-0.15, -0.1) is 0 Å². The van der Waals surface area contributed by atoms with Gasteiger partial charge in [0.25, 0.3) is 5.91 Å². The van der Waals surface area contributed by atoms with E-state index in [0.717, 1.165) is 13.1 Å². The van der Waals surface area contributed by atoms with Crippen molar-refractivity contribution in [2.45, 2.75) is 38.3 Å². The number of anilines is 2. The predicted molar refractivity (Wildman–Crippen MR) is 115 cm³/mol. The van der Waals surface area contributed by atoms with Crippen molar-refractivity contribution in [3.05, 3.63) is 18.2 Å². The molecule has 1 aromatic rings. The van der Waals surface area contributed by atoms with Crippen LogP contribution in [0.1, 0.15) is 25.7 Å². The second-order valence-corrected chi connectivity index (χ2v) is 8.74. The third-order valence-corrected chi connectivity index (χ3v) is 6.07. The Kier molecular flexibility index (Phi) is 7.22. The van der Waals surface area contributed by atoms with Crippen molar-refractivity contribution in [2.24, 2.45) is 17.6 Å². The van der Waals surface area contributed by atoms with Gasteiger partial charge in [-0.1, -0.05) is 0 Å². The zero-order valence-electron chi connectivity index (χ0n) is 18.0. The van der Waals surface area contributed by atoms with E-state index in [4.69, 9.17) is 10.5 Å². The van der Waals surface area contributed by atoms with E-state index in [0.29, 0.717) is 24.1 Å². The molecule has 2 aliphatic carbocycles. The van der Waals surface area contributed by atoms with Gasteiger partial charge >= 0.3 is 6.61 Å². The quantitative estimate of drug-likeness (QED) is 0.533. The van der Waals surface area contributed by atoms with Gasteiger partial charge in [0.2, 0.25) is 5.91 Å². The number of ether oxygens (including phenoxy) is 2. The fourth-order valence-electron chi connectivity index (χ4n) is 4.02. The fourth-order valence-corrected chi connectivity index (χ4v) is 4.02. The number of amides is 2. The molecule has 1 aliphatic heterocycles. The number of nitrogens with one attached hydrogen (secondary N) is 1. The average Bonchev–Trinajstić information content (AvgIpc) is 3.66. The second kappa shape index (κ2) is 10.1. The average molecular weight is 453 g/mol. The van der Waals surface area contributed by atoms with Gasteiger partial charge in [0.05, 0.1) is 12.3 Å². The minimum Gasteiger partial charge on any atom is -0.433 e. The summed E-state index contributed by atoms with van der Waals surface area (Å²) in [5, 5.41) is 2.80. The summed E-state index contributed by atoms with van der Waals surface area (Å²) in [5.41, 5.74) is 6.50. The number of hydrogen-bond acceptors (Lipinski definition) is 6. The van der Waals surface area contributed by atoms with E-state index in [1.807, 2.05) is 0 Å². The molecule has 1 heterocycles. The molecule has 176 valence electrons. The molecule has 3 aliphatic rings. The van der Waals surface area contributed by atoms with Crippen molar-refractivity contribution < 1.29 is 27.8 Å². The molecule has 1 saturated heterocycles. The summed E-state index contributed by atoms with van der Waals surface area (Å²) in [5.74, 6) is 0.447. The number of nitrogens with zero attached hydrogens (tertiary/aromatic N) is 2. The first kappa shape index (κ1) is 22.9. The highest BCUT2D eigenvalue weighted by Crippen LogP contribution is 2.36. The monoisotopic (exact) mass is 452 g/mol. The van der Waals surface area contributed by atoms with Gasteiger partial charge in [-0.3, -0.25) is 14.5 Å². The lowest BCUT2D eigenvalue weighted by molar-refractivity contribution is -0.126. The zero-order chi connectivity index (χ0) is 22.7. The Morgan fingerprint density at radius 2 is 1.94 bits per heavy atom. The third kappa shape index (κ3) is 5.93. The highest BCUT2D eigenvalue weighted by atomic mass is 19.3.